The number of benzene rings is 1. The van der Waals surface area contributed by atoms with Gasteiger partial charge in [0.05, 0.1) is 16.9 Å². The van der Waals surface area contributed by atoms with Crippen LogP contribution >= 0.6 is 0 Å². The second kappa shape index (κ2) is 9.30. The Morgan fingerprint density at radius 1 is 1.24 bits per heavy atom. The van der Waals surface area contributed by atoms with Crippen molar-refractivity contribution >= 4 is 22.8 Å². The number of halogens is 2. The van der Waals surface area contributed by atoms with Crippen molar-refractivity contribution in [3.05, 3.63) is 48.2 Å². The first-order valence-corrected chi connectivity index (χ1v) is 11.1. The van der Waals surface area contributed by atoms with Crippen LogP contribution < -0.4 is 15.4 Å². The molecule has 33 heavy (non-hydrogen) atoms. The average molecular weight is 456 g/mol. The zero-order valence-electron chi connectivity index (χ0n) is 18.0. The molecule has 8 nitrogen and oxygen atoms in total. The van der Waals surface area contributed by atoms with Crippen LogP contribution in [0.1, 0.15) is 24.3 Å². The quantitative estimate of drug-likeness (QED) is 0.482. The van der Waals surface area contributed by atoms with Crippen molar-refractivity contribution in [3.63, 3.8) is 0 Å². The summed E-state index contributed by atoms with van der Waals surface area (Å²) < 4.78 is 29.8. The number of amides is 2. The lowest BCUT2D eigenvalue weighted by atomic mass is 9.94. The van der Waals surface area contributed by atoms with E-state index in [-0.39, 0.29) is 23.9 Å². The first-order chi connectivity index (χ1) is 16.0. The molecule has 2 fully saturated rings. The third kappa shape index (κ3) is 5.22. The predicted molar refractivity (Wildman–Crippen MR) is 120 cm³/mol. The van der Waals surface area contributed by atoms with Gasteiger partial charge in [-0.1, -0.05) is 30.3 Å². The van der Waals surface area contributed by atoms with E-state index in [1.165, 1.54) is 24.6 Å². The standard InChI is InChI=1S/C23H26F2N6O2/c24-20(25)13-33-22-16-9-26-21(8-18(16)29-30-22)28-23(32)27-19-12-31(10-14-6-7-14)11-17(19)15-4-2-1-3-5-15/h1-5,8-9,14,17,19-20H,6-7,10-13H2,(H,29,30)(H2,26,27,28,32)/t17-,19+/m1/s1. The van der Waals surface area contributed by atoms with Crippen molar-refractivity contribution in [2.75, 3.05) is 31.6 Å². The maximum Gasteiger partial charge on any atom is 0.320 e. The number of nitrogens with one attached hydrogen (secondary N) is 3. The van der Waals surface area contributed by atoms with Gasteiger partial charge >= 0.3 is 6.03 Å². The number of carbonyl (C=O) groups is 1. The molecule has 0 unspecified atom stereocenters. The Labute approximate surface area is 189 Å². The number of anilines is 1. The van der Waals surface area contributed by atoms with Crippen LogP contribution in [0.25, 0.3) is 10.9 Å². The molecule has 0 bridgehead atoms. The van der Waals surface area contributed by atoms with Crippen molar-refractivity contribution in [1.82, 2.24) is 25.4 Å². The minimum atomic E-state index is -2.59. The molecule has 3 heterocycles. The van der Waals surface area contributed by atoms with Crippen molar-refractivity contribution in [3.8, 4) is 5.88 Å². The molecule has 1 aliphatic heterocycles. The number of hydrogen-bond acceptors (Lipinski definition) is 5. The molecule has 1 aromatic carbocycles. The highest BCUT2D eigenvalue weighted by molar-refractivity contribution is 5.92. The lowest BCUT2D eigenvalue weighted by Crippen LogP contribution is -2.42. The van der Waals surface area contributed by atoms with Gasteiger partial charge in [0.15, 0.2) is 6.61 Å². The van der Waals surface area contributed by atoms with Crippen molar-refractivity contribution in [2.45, 2.75) is 31.2 Å². The highest BCUT2D eigenvalue weighted by Gasteiger charge is 2.37. The molecule has 0 spiro atoms. The van der Waals surface area contributed by atoms with E-state index in [0.29, 0.717) is 16.7 Å². The van der Waals surface area contributed by atoms with E-state index in [4.69, 9.17) is 4.74 Å². The van der Waals surface area contributed by atoms with Crippen LogP contribution in [-0.2, 0) is 0 Å². The van der Waals surface area contributed by atoms with Crippen molar-refractivity contribution in [2.24, 2.45) is 5.92 Å². The average Bonchev–Trinajstić information content (AvgIpc) is 3.39. The first-order valence-electron chi connectivity index (χ1n) is 11.1. The van der Waals surface area contributed by atoms with E-state index < -0.39 is 13.0 Å². The van der Waals surface area contributed by atoms with Gasteiger partial charge in [0.1, 0.15) is 5.82 Å². The highest BCUT2D eigenvalue weighted by Crippen LogP contribution is 2.34. The van der Waals surface area contributed by atoms with Gasteiger partial charge in [0.25, 0.3) is 6.43 Å². The number of alkyl halides is 2. The number of carbonyl (C=O) groups excluding carboxylic acids is 1. The van der Waals surface area contributed by atoms with Crippen LogP contribution in [0.2, 0.25) is 0 Å². The third-order valence-corrected chi connectivity index (χ3v) is 6.15. The summed E-state index contributed by atoms with van der Waals surface area (Å²) in [5.74, 6) is 1.39. The van der Waals surface area contributed by atoms with Crippen LogP contribution in [0.15, 0.2) is 42.6 Å². The molecule has 174 valence electrons. The van der Waals surface area contributed by atoms with E-state index in [1.54, 1.807) is 6.07 Å². The van der Waals surface area contributed by atoms with Crippen molar-refractivity contribution < 1.29 is 18.3 Å². The minimum Gasteiger partial charge on any atom is -0.470 e. The van der Waals surface area contributed by atoms with Gasteiger partial charge in [-0.3, -0.25) is 10.4 Å². The van der Waals surface area contributed by atoms with Gasteiger partial charge in [-0.15, -0.1) is 5.10 Å². The number of fused-ring (bicyclic) bond motifs is 1. The van der Waals surface area contributed by atoms with Crippen LogP contribution in [-0.4, -0.2) is 64.8 Å². The molecular weight excluding hydrogens is 430 g/mol. The molecule has 1 saturated heterocycles. The van der Waals surface area contributed by atoms with E-state index in [2.05, 4.69) is 42.8 Å². The Morgan fingerprint density at radius 3 is 2.82 bits per heavy atom. The number of likely N-dealkylation sites (tertiary alicyclic amines) is 1. The zero-order chi connectivity index (χ0) is 22.8. The largest absolute Gasteiger partial charge is 0.470 e. The fourth-order valence-corrected chi connectivity index (χ4v) is 4.41. The minimum absolute atomic E-state index is 0.0172. The summed E-state index contributed by atoms with van der Waals surface area (Å²) in [6, 6.07) is 11.5. The molecule has 2 amide bonds. The van der Waals surface area contributed by atoms with Crippen LogP contribution in [0.3, 0.4) is 0 Å². The summed E-state index contributed by atoms with van der Waals surface area (Å²) in [5.41, 5.74) is 1.75. The van der Waals surface area contributed by atoms with Crippen LogP contribution in [0.5, 0.6) is 5.88 Å². The lowest BCUT2D eigenvalue weighted by molar-refractivity contribution is 0.0803. The van der Waals surface area contributed by atoms with Crippen LogP contribution in [0.4, 0.5) is 19.4 Å². The molecular formula is C23H26F2N6O2. The second-order valence-corrected chi connectivity index (χ2v) is 8.73. The predicted octanol–water partition coefficient (Wildman–Crippen LogP) is 3.60. The molecule has 2 aromatic heterocycles. The number of H-pyrrole nitrogens is 1. The number of ether oxygens (including phenoxy) is 1. The molecule has 5 rings (SSSR count). The Kier molecular flexibility index (Phi) is 6.08. The topological polar surface area (TPSA) is 95.2 Å². The Balaban J connectivity index is 1.24. The Morgan fingerprint density at radius 2 is 2.06 bits per heavy atom. The first kappa shape index (κ1) is 21.6. The summed E-state index contributed by atoms with van der Waals surface area (Å²) in [7, 11) is 0. The number of nitrogens with zero attached hydrogens (tertiary/aromatic N) is 3. The lowest BCUT2D eigenvalue weighted by Gasteiger charge is -2.20. The number of urea groups is 1. The molecule has 2 atom stereocenters. The summed E-state index contributed by atoms with van der Waals surface area (Å²) in [6.45, 7) is 2.06. The molecule has 2 aliphatic rings. The summed E-state index contributed by atoms with van der Waals surface area (Å²) in [6.07, 6.45) is 1.43. The van der Waals surface area contributed by atoms with E-state index in [9.17, 15) is 13.6 Å². The number of aromatic nitrogens is 3. The van der Waals surface area contributed by atoms with E-state index in [0.717, 1.165) is 25.6 Å². The summed E-state index contributed by atoms with van der Waals surface area (Å²) >= 11 is 0. The number of aromatic amines is 1. The van der Waals surface area contributed by atoms with Gasteiger partial charge in [-0.2, -0.15) is 0 Å². The van der Waals surface area contributed by atoms with Gasteiger partial charge in [0.2, 0.25) is 5.88 Å². The Hall–Kier alpha value is -3.27. The second-order valence-electron chi connectivity index (χ2n) is 8.73. The number of rotatable bonds is 8. The van der Waals surface area contributed by atoms with Gasteiger partial charge in [-0.25, -0.2) is 18.6 Å². The Bertz CT molecular complexity index is 1100. The number of pyridine rings is 1. The normalized spacial score (nSPS) is 20.9. The fourth-order valence-electron chi connectivity index (χ4n) is 4.41. The monoisotopic (exact) mass is 456 g/mol. The zero-order valence-corrected chi connectivity index (χ0v) is 18.0. The van der Waals surface area contributed by atoms with Crippen molar-refractivity contribution in [1.29, 1.82) is 0 Å². The van der Waals surface area contributed by atoms with Gasteiger partial charge < -0.3 is 15.0 Å². The summed E-state index contributed by atoms with van der Waals surface area (Å²) in [4.78, 5) is 19.4. The van der Waals surface area contributed by atoms with Gasteiger partial charge in [0, 0.05) is 37.8 Å². The molecule has 0 radical (unpaired) electrons. The van der Waals surface area contributed by atoms with Crippen LogP contribution in [0, 0.1) is 5.92 Å². The van der Waals surface area contributed by atoms with E-state index in [1.807, 2.05) is 18.2 Å². The molecule has 3 aromatic rings. The maximum absolute atomic E-state index is 12.8. The SMILES string of the molecule is O=C(Nc1cc2[nH]nc(OCC(F)F)c2cn1)N[C@H]1CN(CC2CC2)C[C@@H]1c1ccccc1. The summed E-state index contributed by atoms with van der Waals surface area (Å²) in [5, 5.41) is 13.0. The van der Waals surface area contributed by atoms with E-state index >= 15 is 0 Å². The smallest absolute Gasteiger partial charge is 0.320 e. The number of hydrogen-bond donors (Lipinski definition) is 3. The molecule has 1 aliphatic carbocycles. The highest BCUT2D eigenvalue weighted by atomic mass is 19.3. The maximum atomic E-state index is 12.8. The molecule has 3 N–H and O–H groups in total. The van der Waals surface area contributed by atoms with Gasteiger partial charge in [-0.05, 0) is 24.3 Å². The fraction of sp³-hybridized carbons (Fsp3) is 0.435. The third-order valence-electron chi connectivity index (χ3n) is 6.15. The molecule has 10 heteroatoms. The molecule has 1 saturated carbocycles.